The van der Waals surface area contributed by atoms with E-state index in [9.17, 15) is 0 Å². The Morgan fingerprint density at radius 2 is 2.15 bits per heavy atom. The van der Waals surface area contributed by atoms with E-state index >= 15 is 0 Å². The summed E-state index contributed by atoms with van der Waals surface area (Å²) in [5.41, 5.74) is 2.64. The van der Waals surface area contributed by atoms with Crippen molar-refractivity contribution in [3.8, 4) is 12.3 Å². The van der Waals surface area contributed by atoms with Gasteiger partial charge in [0.15, 0.2) is 0 Å². The third kappa shape index (κ3) is 6.58. The Bertz CT molecular complexity index is 391. The van der Waals surface area contributed by atoms with E-state index in [4.69, 9.17) is 0 Å². The molecule has 3 heteroatoms. The van der Waals surface area contributed by atoms with Gasteiger partial charge in [-0.05, 0) is 76.4 Å². The van der Waals surface area contributed by atoms with E-state index in [2.05, 4.69) is 53.2 Å². The van der Waals surface area contributed by atoms with Crippen LogP contribution in [0, 0.1) is 18.3 Å². The van der Waals surface area contributed by atoms with Crippen LogP contribution in [-0.2, 0) is 0 Å². The van der Waals surface area contributed by atoms with Crippen LogP contribution in [0.4, 0.5) is 0 Å². The van der Waals surface area contributed by atoms with E-state index in [1.807, 2.05) is 0 Å². The molecule has 1 unspecified atom stereocenters. The highest BCUT2D eigenvalue weighted by Gasteiger charge is 2.15. The standard InChI is InChI=1S/C14H23N3.C3H4/c1-12-4-2-5-14(10-16-11-17-12)13-6-3-8-15-9-7-13;1-3-2/h2,4,10,13,15-16H,3,5-9,11H2,1H3;1H,2H3/b4-2-,14-10+,17-12-;. The highest BCUT2D eigenvalue weighted by Crippen LogP contribution is 2.25. The second kappa shape index (κ2) is 10.3. The number of allylic oxidation sites excluding steroid dienone is 3. The van der Waals surface area contributed by atoms with Gasteiger partial charge in [-0.2, -0.15) is 0 Å². The molecule has 20 heavy (non-hydrogen) atoms. The zero-order chi connectivity index (χ0) is 14.6. The van der Waals surface area contributed by atoms with E-state index in [0.29, 0.717) is 6.67 Å². The number of terminal acetylenes is 1. The molecule has 1 atom stereocenters. The molecule has 0 aromatic rings. The topological polar surface area (TPSA) is 36.4 Å². The molecule has 2 aliphatic rings. The van der Waals surface area contributed by atoms with Gasteiger partial charge in [-0.25, -0.2) is 0 Å². The minimum absolute atomic E-state index is 0.699. The van der Waals surface area contributed by atoms with E-state index in [1.54, 1.807) is 6.92 Å². The monoisotopic (exact) mass is 273 g/mol. The molecule has 0 aliphatic carbocycles. The summed E-state index contributed by atoms with van der Waals surface area (Å²) < 4.78 is 0. The van der Waals surface area contributed by atoms with E-state index in [-0.39, 0.29) is 0 Å². The van der Waals surface area contributed by atoms with Crippen LogP contribution in [0.1, 0.15) is 39.5 Å². The average molecular weight is 273 g/mol. The first kappa shape index (κ1) is 16.5. The number of nitrogens with one attached hydrogen (secondary N) is 2. The maximum Gasteiger partial charge on any atom is 0.107 e. The molecule has 0 aromatic heterocycles. The second-order valence-corrected chi connectivity index (χ2v) is 5.15. The predicted octanol–water partition coefficient (Wildman–Crippen LogP) is 2.87. The van der Waals surface area contributed by atoms with Crippen molar-refractivity contribution in [3.63, 3.8) is 0 Å². The van der Waals surface area contributed by atoms with Crippen LogP contribution in [0.5, 0.6) is 0 Å². The fraction of sp³-hybridized carbons (Fsp3) is 0.588. The lowest BCUT2D eigenvalue weighted by molar-refractivity contribution is 0.532. The second-order valence-electron chi connectivity index (χ2n) is 5.15. The lowest BCUT2D eigenvalue weighted by Crippen LogP contribution is -2.15. The Hall–Kier alpha value is -1.53. The fourth-order valence-corrected chi connectivity index (χ4v) is 2.50. The summed E-state index contributed by atoms with van der Waals surface area (Å²) in [6, 6.07) is 0. The van der Waals surface area contributed by atoms with Gasteiger partial charge in [0.1, 0.15) is 6.67 Å². The van der Waals surface area contributed by atoms with Gasteiger partial charge in [0.05, 0.1) is 0 Å². The van der Waals surface area contributed by atoms with Gasteiger partial charge in [0, 0.05) is 5.71 Å². The first-order valence-corrected chi connectivity index (χ1v) is 7.46. The van der Waals surface area contributed by atoms with Gasteiger partial charge < -0.3 is 10.6 Å². The molecule has 110 valence electrons. The molecule has 0 amide bonds. The van der Waals surface area contributed by atoms with Gasteiger partial charge in [-0.3, -0.25) is 4.99 Å². The van der Waals surface area contributed by atoms with Crippen molar-refractivity contribution in [2.75, 3.05) is 19.8 Å². The smallest absolute Gasteiger partial charge is 0.107 e. The highest BCUT2D eigenvalue weighted by molar-refractivity contribution is 5.92. The fourth-order valence-electron chi connectivity index (χ4n) is 2.50. The summed E-state index contributed by atoms with van der Waals surface area (Å²) in [6.07, 6.45) is 16.1. The zero-order valence-corrected chi connectivity index (χ0v) is 12.8. The minimum atomic E-state index is 0.699. The van der Waals surface area contributed by atoms with Crippen LogP contribution in [0.15, 0.2) is 28.9 Å². The predicted molar refractivity (Wildman–Crippen MR) is 87.7 cm³/mol. The zero-order valence-electron chi connectivity index (χ0n) is 12.8. The van der Waals surface area contributed by atoms with Crippen LogP contribution in [0.25, 0.3) is 0 Å². The molecule has 3 nitrogen and oxygen atoms in total. The van der Waals surface area contributed by atoms with Crippen LogP contribution in [-0.4, -0.2) is 25.5 Å². The summed E-state index contributed by atoms with van der Waals surface area (Å²) in [4.78, 5) is 4.40. The summed E-state index contributed by atoms with van der Waals surface area (Å²) >= 11 is 0. The Morgan fingerprint density at radius 3 is 2.95 bits per heavy atom. The Balaban J connectivity index is 0.000000612. The molecule has 0 radical (unpaired) electrons. The normalized spacial score (nSPS) is 29.9. The van der Waals surface area contributed by atoms with Gasteiger partial charge in [0.25, 0.3) is 0 Å². The number of nitrogens with zero attached hydrogens (tertiary/aromatic N) is 1. The van der Waals surface area contributed by atoms with E-state index < -0.39 is 0 Å². The molecular weight excluding hydrogens is 246 g/mol. The van der Waals surface area contributed by atoms with Crippen molar-refractivity contribution in [2.24, 2.45) is 10.9 Å². The lowest BCUT2D eigenvalue weighted by Gasteiger charge is -2.17. The van der Waals surface area contributed by atoms with Crippen molar-refractivity contribution in [3.05, 3.63) is 23.9 Å². The van der Waals surface area contributed by atoms with Crippen molar-refractivity contribution < 1.29 is 0 Å². The molecular formula is C17H27N3. The molecule has 2 heterocycles. The van der Waals surface area contributed by atoms with Crippen molar-refractivity contribution in [1.82, 2.24) is 10.6 Å². The molecule has 0 bridgehead atoms. The maximum absolute atomic E-state index is 4.60. The lowest BCUT2D eigenvalue weighted by atomic mass is 9.90. The summed E-state index contributed by atoms with van der Waals surface area (Å²) in [5, 5.41) is 6.79. The van der Waals surface area contributed by atoms with E-state index in [0.717, 1.165) is 24.6 Å². The average Bonchev–Trinajstić information content (AvgIpc) is 2.65. The van der Waals surface area contributed by atoms with Crippen molar-refractivity contribution in [2.45, 2.75) is 39.5 Å². The molecule has 0 spiro atoms. The summed E-state index contributed by atoms with van der Waals surface area (Å²) in [7, 11) is 0. The van der Waals surface area contributed by atoms with Gasteiger partial charge in [0.2, 0.25) is 0 Å². The molecule has 2 aliphatic heterocycles. The van der Waals surface area contributed by atoms with Crippen molar-refractivity contribution >= 4 is 5.71 Å². The third-order valence-electron chi connectivity index (χ3n) is 3.52. The Labute approximate surface area is 123 Å². The molecule has 0 saturated carbocycles. The molecule has 1 fully saturated rings. The summed E-state index contributed by atoms with van der Waals surface area (Å²) in [6.45, 7) is 6.74. The number of rotatable bonds is 1. The highest BCUT2D eigenvalue weighted by atomic mass is 15.0. The molecule has 0 aromatic carbocycles. The van der Waals surface area contributed by atoms with Gasteiger partial charge in [-0.15, -0.1) is 12.3 Å². The first-order chi connectivity index (χ1) is 9.77. The van der Waals surface area contributed by atoms with Crippen LogP contribution < -0.4 is 10.6 Å². The molecule has 1 saturated heterocycles. The summed E-state index contributed by atoms with van der Waals surface area (Å²) in [5.74, 6) is 2.99. The number of hydrogen-bond donors (Lipinski definition) is 2. The maximum atomic E-state index is 4.60. The Kier molecular flexibility index (Phi) is 8.49. The van der Waals surface area contributed by atoms with Crippen LogP contribution in [0.2, 0.25) is 0 Å². The largest absolute Gasteiger partial charge is 0.372 e. The van der Waals surface area contributed by atoms with E-state index in [1.165, 1.54) is 31.4 Å². The quantitative estimate of drug-likeness (QED) is 0.721. The minimum Gasteiger partial charge on any atom is -0.372 e. The SMILES string of the molecule is C#CC.CC1=N/CN/C=C(/C2CCCNCC2)C/C=C\1. The Morgan fingerprint density at radius 1 is 1.35 bits per heavy atom. The first-order valence-electron chi connectivity index (χ1n) is 7.46. The molecule has 2 rings (SSSR count). The molecule has 2 N–H and O–H groups in total. The van der Waals surface area contributed by atoms with Gasteiger partial charge in [-0.1, -0.05) is 6.08 Å². The number of aliphatic imine (C=N–C) groups is 1. The van der Waals surface area contributed by atoms with Crippen LogP contribution >= 0.6 is 0 Å². The third-order valence-corrected chi connectivity index (χ3v) is 3.52. The van der Waals surface area contributed by atoms with Crippen LogP contribution in [0.3, 0.4) is 0 Å². The van der Waals surface area contributed by atoms with Gasteiger partial charge >= 0.3 is 0 Å². The van der Waals surface area contributed by atoms with Crippen molar-refractivity contribution in [1.29, 1.82) is 0 Å². The number of hydrogen-bond acceptors (Lipinski definition) is 3.